The number of halogens is 5. The van der Waals surface area contributed by atoms with Gasteiger partial charge in [-0.15, -0.1) is 0 Å². The number of amides is 1. The van der Waals surface area contributed by atoms with Gasteiger partial charge in [0.25, 0.3) is 5.91 Å². The van der Waals surface area contributed by atoms with Gasteiger partial charge in [-0.2, -0.15) is 13.2 Å². The van der Waals surface area contributed by atoms with E-state index in [-0.39, 0.29) is 23.3 Å². The van der Waals surface area contributed by atoms with E-state index in [0.717, 1.165) is 0 Å². The topological polar surface area (TPSA) is 73.8 Å². The van der Waals surface area contributed by atoms with Crippen LogP contribution in [-0.2, 0) is 10.9 Å². The summed E-state index contributed by atoms with van der Waals surface area (Å²) in [7, 11) is 1.98. The summed E-state index contributed by atoms with van der Waals surface area (Å²) in [5, 5.41) is 2.55. The molecular weight excluding hydrogens is 559 g/mol. The Hall–Kier alpha value is -3.84. The first-order chi connectivity index (χ1) is 19.9. The highest BCUT2D eigenvalue weighted by Crippen LogP contribution is 2.37. The molecule has 0 aliphatic carbocycles. The number of anilines is 3. The molecular formula is C29H31F5N6O2. The highest BCUT2D eigenvalue weighted by molar-refractivity contribution is 6.06. The van der Waals surface area contributed by atoms with Crippen LogP contribution in [0, 0.1) is 11.6 Å². The molecule has 3 aromatic rings. The number of nitrogens with one attached hydrogen (secondary N) is 1. The lowest BCUT2D eigenvalue weighted by molar-refractivity contribution is -0.137. The Labute approximate surface area is 240 Å². The van der Waals surface area contributed by atoms with E-state index in [1.54, 1.807) is 0 Å². The van der Waals surface area contributed by atoms with Crippen molar-refractivity contribution in [2.45, 2.75) is 32.1 Å². The highest BCUT2D eigenvalue weighted by atomic mass is 19.4. The molecule has 0 bridgehead atoms. The van der Waals surface area contributed by atoms with Gasteiger partial charge in [0.15, 0.2) is 0 Å². The van der Waals surface area contributed by atoms with Crippen LogP contribution in [0.1, 0.15) is 29.8 Å². The van der Waals surface area contributed by atoms with Gasteiger partial charge in [0.1, 0.15) is 11.6 Å². The summed E-state index contributed by atoms with van der Waals surface area (Å²) in [5.41, 5.74) is -1.09. The molecule has 8 nitrogen and oxygen atoms in total. The Morgan fingerprint density at radius 2 is 1.60 bits per heavy atom. The Morgan fingerprint density at radius 1 is 0.952 bits per heavy atom. The van der Waals surface area contributed by atoms with E-state index in [1.165, 1.54) is 24.5 Å². The second-order valence-electron chi connectivity index (χ2n) is 10.6. The SMILES string of the molecule is C[C@@H]1CN(c2cc(F)c(-c3cnc(N4CCOCC4)nc3)cc2NC(=O)c2cc(C(F)(F)F)ccc2F)C[C@H](C)N1C. The quantitative estimate of drug-likeness (QED) is 0.417. The summed E-state index contributed by atoms with van der Waals surface area (Å²) in [6.45, 7) is 7.34. The van der Waals surface area contributed by atoms with Crippen LogP contribution >= 0.6 is 0 Å². The van der Waals surface area contributed by atoms with Crippen molar-refractivity contribution in [3.63, 3.8) is 0 Å². The van der Waals surface area contributed by atoms with Crippen LogP contribution in [0.15, 0.2) is 42.7 Å². The van der Waals surface area contributed by atoms with Crippen molar-refractivity contribution in [3.8, 4) is 11.1 Å². The predicted molar refractivity (Wildman–Crippen MR) is 149 cm³/mol. The van der Waals surface area contributed by atoms with Gasteiger partial charge in [-0.1, -0.05) is 0 Å². The minimum atomic E-state index is -4.77. The van der Waals surface area contributed by atoms with Gasteiger partial charge in [-0.05, 0) is 51.2 Å². The number of rotatable bonds is 5. The van der Waals surface area contributed by atoms with E-state index in [0.29, 0.717) is 74.8 Å². The molecule has 2 atom stereocenters. The lowest BCUT2D eigenvalue weighted by Crippen LogP contribution is -2.55. The summed E-state index contributed by atoms with van der Waals surface area (Å²) in [5.74, 6) is -2.34. The summed E-state index contributed by atoms with van der Waals surface area (Å²) < 4.78 is 75.5. The molecule has 3 heterocycles. The van der Waals surface area contributed by atoms with Crippen LogP contribution in [0.25, 0.3) is 11.1 Å². The molecule has 1 aromatic heterocycles. The predicted octanol–water partition coefficient (Wildman–Crippen LogP) is 5.06. The molecule has 2 fully saturated rings. The van der Waals surface area contributed by atoms with E-state index >= 15 is 4.39 Å². The summed E-state index contributed by atoms with van der Waals surface area (Å²) in [6, 6.07) is 4.47. The maximum absolute atomic E-state index is 15.7. The minimum Gasteiger partial charge on any atom is -0.378 e. The average molecular weight is 591 g/mol. The number of hydrogen-bond acceptors (Lipinski definition) is 7. The van der Waals surface area contributed by atoms with E-state index in [9.17, 15) is 22.4 Å². The molecule has 0 radical (unpaired) electrons. The lowest BCUT2D eigenvalue weighted by Gasteiger charge is -2.44. The number of ether oxygens (including phenoxy) is 1. The van der Waals surface area contributed by atoms with Crippen LogP contribution in [0.4, 0.5) is 39.3 Å². The van der Waals surface area contributed by atoms with Crippen LogP contribution in [0.2, 0.25) is 0 Å². The highest BCUT2D eigenvalue weighted by Gasteiger charge is 2.33. The fraction of sp³-hybridized carbons (Fsp3) is 0.414. The number of morpholine rings is 1. The second-order valence-corrected chi connectivity index (χ2v) is 10.6. The van der Waals surface area contributed by atoms with Crippen LogP contribution in [0.5, 0.6) is 0 Å². The number of likely N-dealkylation sites (N-methyl/N-ethyl adjacent to an activating group) is 1. The molecule has 0 unspecified atom stereocenters. The molecule has 5 rings (SSSR count). The number of benzene rings is 2. The second kappa shape index (κ2) is 11.8. The van der Waals surface area contributed by atoms with Gasteiger partial charge in [-0.25, -0.2) is 18.7 Å². The molecule has 2 aromatic carbocycles. The molecule has 42 heavy (non-hydrogen) atoms. The largest absolute Gasteiger partial charge is 0.416 e. The van der Waals surface area contributed by atoms with Crippen LogP contribution in [0.3, 0.4) is 0 Å². The van der Waals surface area contributed by atoms with Crippen molar-refractivity contribution in [3.05, 3.63) is 65.5 Å². The molecule has 1 N–H and O–H groups in total. The summed E-state index contributed by atoms with van der Waals surface area (Å²) in [6.07, 6.45) is -1.83. The monoisotopic (exact) mass is 590 g/mol. The lowest BCUT2D eigenvalue weighted by atomic mass is 10.0. The first-order valence-electron chi connectivity index (χ1n) is 13.6. The van der Waals surface area contributed by atoms with Gasteiger partial charge in [0.05, 0.1) is 35.7 Å². The Morgan fingerprint density at radius 3 is 2.21 bits per heavy atom. The fourth-order valence-electron chi connectivity index (χ4n) is 5.20. The van der Waals surface area contributed by atoms with Crippen molar-refractivity contribution in [1.82, 2.24) is 14.9 Å². The normalized spacial score (nSPS) is 20.1. The third-order valence-electron chi connectivity index (χ3n) is 7.82. The summed E-state index contributed by atoms with van der Waals surface area (Å²) >= 11 is 0. The minimum absolute atomic E-state index is 0.0716. The van der Waals surface area contributed by atoms with Gasteiger partial charge in [0, 0.05) is 61.8 Å². The average Bonchev–Trinajstić information content (AvgIpc) is 2.96. The molecule has 2 aliphatic rings. The van der Waals surface area contributed by atoms with E-state index in [4.69, 9.17) is 4.74 Å². The molecule has 0 spiro atoms. The number of nitrogens with zero attached hydrogens (tertiary/aromatic N) is 5. The van der Waals surface area contributed by atoms with Gasteiger partial charge in [0.2, 0.25) is 5.95 Å². The molecule has 2 saturated heterocycles. The molecule has 2 aliphatic heterocycles. The molecule has 0 saturated carbocycles. The zero-order valence-corrected chi connectivity index (χ0v) is 23.4. The maximum Gasteiger partial charge on any atom is 0.416 e. The third-order valence-corrected chi connectivity index (χ3v) is 7.82. The van der Waals surface area contributed by atoms with Crippen molar-refractivity contribution >= 4 is 23.2 Å². The van der Waals surface area contributed by atoms with Crippen LogP contribution < -0.4 is 15.1 Å². The molecule has 1 amide bonds. The number of hydrogen-bond donors (Lipinski definition) is 1. The number of carbonyl (C=O) groups excluding carboxylic acids is 1. The number of carbonyl (C=O) groups is 1. The van der Waals surface area contributed by atoms with E-state index < -0.39 is 34.8 Å². The Kier molecular flexibility index (Phi) is 8.33. The first kappa shape index (κ1) is 29.6. The maximum atomic E-state index is 15.7. The summed E-state index contributed by atoms with van der Waals surface area (Å²) in [4.78, 5) is 28.0. The van der Waals surface area contributed by atoms with Gasteiger partial charge in [-0.3, -0.25) is 9.69 Å². The number of alkyl halides is 3. The fourth-order valence-corrected chi connectivity index (χ4v) is 5.20. The van der Waals surface area contributed by atoms with Crippen molar-refractivity contribution < 1.29 is 31.5 Å². The third kappa shape index (κ3) is 6.16. The van der Waals surface area contributed by atoms with Crippen molar-refractivity contribution in [2.24, 2.45) is 0 Å². The van der Waals surface area contributed by atoms with Crippen molar-refractivity contribution in [2.75, 3.05) is 61.6 Å². The van der Waals surface area contributed by atoms with E-state index in [1.807, 2.05) is 30.7 Å². The zero-order valence-electron chi connectivity index (χ0n) is 23.4. The Balaban J connectivity index is 1.53. The van der Waals surface area contributed by atoms with E-state index in [2.05, 4.69) is 20.2 Å². The Bertz CT molecular complexity index is 1430. The smallest absolute Gasteiger partial charge is 0.378 e. The van der Waals surface area contributed by atoms with Gasteiger partial charge >= 0.3 is 6.18 Å². The first-order valence-corrected chi connectivity index (χ1v) is 13.6. The van der Waals surface area contributed by atoms with Crippen LogP contribution in [-0.4, -0.2) is 79.3 Å². The molecule has 224 valence electrons. The standard InChI is InChI=1S/C29H31F5N6O2/c1-17-15-40(16-18(2)38(17)3)26-12-24(31)21(19-13-35-28(36-14-19)39-6-8-42-9-7-39)11-25(26)37-27(41)22-10-20(29(32,33)34)4-5-23(22)30/h4-5,10-14,17-18H,6-9,15-16H2,1-3H3,(H,37,41)/t17-,18+. The number of aromatic nitrogens is 2. The molecule has 13 heteroatoms. The van der Waals surface area contributed by atoms with Crippen molar-refractivity contribution in [1.29, 1.82) is 0 Å². The zero-order chi connectivity index (χ0) is 30.2. The van der Waals surface area contributed by atoms with Gasteiger partial charge < -0.3 is 19.9 Å². The number of piperazine rings is 1.